The van der Waals surface area contributed by atoms with E-state index in [1.807, 2.05) is 0 Å². The van der Waals surface area contributed by atoms with Gasteiger partial charge >= 0.3 is 5.97 Å². The summed E-state index contributed by atoms with van der Waals surface area (Å²) in [6.07, 6.45) is -8.10. The Kier molecular flexibility index (Phi) is 7.65. The van der Waals surface area contributed by atoms with Crippen LogP contribution >= 0.6 is 11.6 Å². The molecule has 4 rings (SSSR count). The van der Waals surface area contributed by atoms with Crippen molar-refractivity contribution < 1.29 is 44.2 Å². The van der Waals surface area contributed by atoms with Crippen LogP contribution in [0.4, 0.5) is 0 Å². The maximum atomic E-state index is 13.4. The summed E-state index contributed by atoms with van der Waals surface area (Å²) in [5.41, 5.74) is 1.92. The summed E-state index contributed by atoms with van der Waals surface area (Å²) in [5, 5.41) is 40.5. The summed E-state index contributed by atoms with van der Waals surface area (Å²) >= 11 is 5.95. The molecule has 1 fully saturated rings. The number of fused-ring (bicyclic) bond motifs is 1. The van der Waals surface area contributed by atoms with Gasteiger partial charge in [0, 0.05) is 21.7 Å². The molecule has 1 aliphatic rings. The van der Waals surface area contributed by atoms with E-state index >= 15 is 0 Å². The van der Waals surface area contributed by atoms with Crippen LogP contribution in [0.1, 0.15) is 21.6 Å². The second kappa shape index (κ2) is 10.6. The van der Waals surface area contributed by atoms with Crippen molar-refractivity contribution in [2.75, 3.05) is 13.7 Å². The van der Waals surface area contributed by atoms with Crippen LogP contribution in [-0.2, 0) is 20.7 Å². The van der Waals surface area contributed by atoms with E-state index in [9.17, 15) is 30.0 Å². The number of hydrogen-bond acceptors (Lipinski definition) is 9. The topological polar surface area (TPSA) is 148 Å². The fourth-order valence-electron chi connectivity index (χ4n) is 4.28. The van der Waals surface area contributed by atoms with Crippen LogP contribution in [0.2, 0.25) is 5.02 Å². The third-order valence-electron chi connectivity index (χ3n) is 6.25. The molecule has 3 aromatic rings. The minimum absolute atomic E-state index is 0.300. The number of methoxy groups -OCH3 is 1. The van der Waals surface area contributed by atoms with Crippen LogP contribution in [0.25, 0.3) is 10.9 Å². The van der Waals surface area contributed by atoms with Crippen LogP contribution < -0.4 is 4.74 Å². The lowest BCUT2D eigenvalue weighted by atomic mass is 9.99. The highest BCUT2D eigenvalue weighted by Gasteiger charge is 2.45. The predicted octanol–water partition coefficient (Wildman–Crippen LogP) is 1.19. The fraction of sp³-hybridized carbons (Fsp3) is 0.360. The van der Waals surface area contributed by atoms with Crippen molar-refractivity contribution in [2.45, 2.75) is 44.1 Å². The summed E-state index contributed by atoms with van der Waals surface area (Å²) in [5.74, 6) is -0.627. The molecule has 0 amide bonds. The lowest BCUT2D eigenvalue weighted by Crippen LogP contribution is -2.59. The lowest BCUT2D eigenvalue weighted by molar-refractivity contribution is -0.292. The minimum atomic E-state index is -1.72. The van der Waals surface area contributed by atoms with Crippen molar-refractivity contribution in [3.63, 3.8) is 0 Å². The van der Waals surface area contributed by atoms with E-state index in [1.165, 1.54) is 11.7 Å². The van der Waals surface area contributed by atoms with Gasteiger partial charge in [0.1, 0.15) is 30.2 Å². The smallest absolute Gasteiger partial charge is 0.312 e. The van der Waals surface area contributed by atoms with Gasteiger partial charge in [-0.15, -0.1) is 0 Å². The van der Waals surface area contributed by atoms with Crippen molar-refractivity contribution >= 4 is 34.4 Å². The monoisotopic (exact) mass is 519 g/mol. The number of aliphatic hydroxyl groups excluding tert-OH is 4. The maximum absolute atomic E-state index is 13.4. The van der Waals surface area contributed by atoms with E-state index in [-0.39, 0.29) is 12.3 Å². The van der Waals surface area contributed by atoms with Gasteiger partial charge in [-0.3, -0.25) is 14.2 Å². The summed E-state index contributed by atoms with van der Waals surface area (Å²) in [6.45, 7) is 1.04. The summed E-state index contributed by atoms with van der Waals surface area (Å²) < 4.78 is 17.3. The Labute approximate surface area is 211 Å². The molecule has 5 atom stereocenters. The van der Waals surface area contributed by atoms with Gasteiger partial charge in [-0.2, -0.15) is 0 Å². The van der Waals surface area contributed by atoms with E-state index in [2.05, 4.69) is 0 Å². The molecule has 0 bridgehead atoms. The first-order valence-electron chi connectivity index (χ1n) is 11.1. The molecular formula is C25H26ClNO9. The molecule has 0 radical (unpaired) electrons. The molecule has 10 nitrogen and oxygen atoms in total. The molecule has 36 heavy (non-hydrogen) atoms. The Hall–Kier alpha value is -2.99. The van der Waals surface area contributed by atoms with Gasteiger partial charge in [0.15, 0.2) is 0 Å². The Morgan fingerprint density at radius 1 is 1.06 bits per heavy atom. The highest BCUT2D eigenvalue weighted by atomic mass is 35.5. The number of esters is 1. The largest absolute Gasteiger partial charge is 0.497 e. The van der Waals surface area contributed by atoms with Gasteiger partial charge in [-0.05, 0) is 55.0 Å². The number of aliphatic hydroxyl groups is 4. The van der Waals surface area contributed by atoms with Crippen LogP contribution in [0, 0.1) is 6.92 Å². The molecule has 1 unspecified atom stereocenters. The van der Waals surface area contributed by atoms with Crippen molar-refractivity contribution in [1.82, 2.24) is 4.57 Å². The number of ether oxygens (including phenoxy) is 3. The van der Waals surface area contributed by atoms with Crippen molar-refractivity contribution in [3.8, 4) is 5.75 Å². The van der Waals surface area contributed by atoms with Gasteiger partial charge in [0.05, 0.1) is 25.7 Å². The van der Waals surface area contributed by atoms with Gasteiger partial charge in [0.25, 0.3) is 5.91 Å². The van der Waals surface area contributed by atoms with Crippen LogP contribution in [0.15, 0.2) is 42.5 Å². The Bertz CT molecular complexity index is 1270. The molecule has 4 N–H and O–H groups in total. The number of nitrogens with zero attached hydrogens (tertiary/aromatic N) is 1. The van der Waals surface area contributed by atoms with E-state index < -0.39 is 43.3 Å². The highest BCUT2D eigenvalue weighted by Crippen LogP contribution is 2.31. The highest BCUT2D eigenvalue weighted by molar-refractivity contribution is 6.30. The average molecular weight is 520 g/mol. The molecule has 0 aliphatic carbocycles. The number of carbonyl (C=O) groups excluding carboxylic acids is 2. The number of benzene rings is 2. The lowest BCUT2D eigenvalue weighted by Gasteiger charge is -2.39. The predicted molar refractivity (Wildman–Crippen MR) is 128 cm³/mol. The fourth-order valence-corrected chi connectivity index (χ4v) is 4.40. The van der Waals surface area contributed by atoms with Crippen LogP contribution in [0.5, 0.6) is 5.75 Å². The van der Waals surface area contributed by atoms with Gasteiger partial charge in [-0.25, -0.2) is 0 Å². The van der Waals surface area contributed by atoms with E-state index in [0.717, 1.165) is 0 Å². The van der Waals surface area contributed by atoms with Gasteiger partial charge in [-0.1, -0.05) is 11.6 Å². The quantitative estimate of drug-likeness (QED) is 0.352. The van der Waals surface area contributed by atoms with E-state index in [4.69, 9.17) is 25.8 Å². The van der Waals surface area contributed by atoms with Crippen molar-refractivity contribution in [1.29, 1.82) is 0 Å². The summed E-state index contributed by atoms with van der Waals surface area (Å²) in [6, 6.07) is 11.5. The van der Waals surface area contributed by atoms with E-state index in [0.29, 0.717) is 38.5 Å². The van der Waals surface area contributed by atoms with E-state index in [1.54, 1.807) is 49.4 Å². The number of rotatable bonds is 6. The third kappa shape index (κ3) is 4.83. The summed E-state index contributed by atoms with van der Waals surface area (Å²) in [4.78, 5) is 26.3. The molecule has 0 spiro atoms. The molecule has 1 saturated heterocycles. The second-order valence-electron chi connectivity index (χ2n) is 8.46. The minimum Gasteiger partial charge on any atom is -0.497 e. The average Bonchev–Trinajstić information content (AvgIpc) is 3.14. The molecule has 2 heterocycles. The Morgan fingerprint density at radius 2 is 1.75 bits per heavy atom. The molecule has 1 aliphatic heterocycles. The molecule has 1 aromatic heterocycles. The zero-order valence-corrected chi connectivity index (χ0v) is 20.3. The SMILES string of the molecule is COc1ccc2c(c1)c(CC(=O)OC1O[C@H](CO)[C@@H](O)[C@H](O)[C@@H]1O)c(C)n2C(=O)c1ccc(Cl)cc1. The zero-order valence-electron chi connectivity index (χ0n) is 19.5. The van der Waals surface area contributed by atoms with Crippen LogP contribution in [-0.4, -0.2) is 81.3 Å². The summed E-state index contributed by atoms with van der Waals surface area (Å²) in [7, 11) is 1.50. The van der Waals surface area contributed by atoms with Gasteiger partial charge in [0.2, 0.25) is 6.29 Å². The standard InChI is InChI=1S/C25H26ClNO9/c1-12-16(10-20(29)36-25-23(32)22(31)21(30)19(11-28)35-25)17-9-15(34-2)7-8-18(17)27(12)24(33)13-3-5-14(26)6-4-13/h3-9,19,21-23,25,28,30-32H,10-11H2,1-2H3/t19-,21-,22+,23+,25?/m1/s1. The first-order valence-corrected chi connectivity index (χ1v) is 11.5. The van der Waals surface area contributed by atoms with Crippen LogP contribution in [0.3, 0.4) is 0 Å². The second-order valence-corrected chi connectivity index (χ2v) is 8.89. The molecule has 192 valence electrons. The Morgan fingerprint density at radius 3 is 2.39 bits per heavy atom. The number of aromatic nitrogens is 1. The first kappa shape index (κ1) is 26.1. The van der Waals surface area contributed by atoms with Gasteiger partial charge < -0.3 is 34.6 Å². The van der Waals surface area contributed by atoms with Crippen molar-refractivity contribution in [3.05, 3.63) is 64.3 Å². The molecule has 11 heteroatoms. The maximum Gasteiger partial charge on any atom is 0.312 e. The van der Waals surface area contributed by atoms with Crippen molar-refractivity contribution in [2.24, 2.45) is 0 Å². The molecule has 2 aromatic carbocycles. The number of hydrogen-bond donors (Lipinski definition) is 4. The zero-order chi connectivity index (χ0) is 26.1. The molecule has 0 saturated carbocycles. The first-order chi connectivity index (χ1) is 17.2. The normalized spacial score (nSPS) is 24.0. The number of carbonyl (C=O) groups is 2. The third-order valence-corrected chi connectivity index (χ3v) is 6.51. The Balaban J connectivity index is 1.67. The number of halogens is 1. The molecular weight excluding hydrogens is 494 g/mol.